The van der Waals surface area contributed by atoms with Crippen LogP contribution in [0.1, 0.15) is 32.6 Å². The number of rotatable bonds is 4. The molecule has 0 aromatic carbocycles. The van der Waals surface area contributed by atoms with E-state index < -0.39 is 0 Å². The molecule has 1 aliphatic rings. The van der Waals surface area contributed by atoms with Gasteiger partial charge in [0.25, 0.3) is 0 Å². The van der Waals surface area contributed by atoms with Crippen molar-refractivity contribution in [2.45, 2.75) is 43.1 Å². The van der Waals surface area contributed by atoms with Gasteiger partial charge in [0.1, 0.15) is 0 Å². The van der Waals surface area contributed by atoms with Crippen molar-refractivity contribution in [2.24, 2.45) is 0 Å². The van der Waals surface area contributed by atoms with E-state index in [9.17, 15) is 0 Å². The third-order valence-corrected chi connectivity index (χ3v) is 3.71. The molecule has 11 heavy (non-hydrogen) atoms. The number of nitrogens with one attached hydrogen (secondary N) is 1. The third-order valence-electron chi connectivity index (χ3n) is 2.22. The Balaban J connectivity index is 2.08. The molecule has 1 fully saturated rings. The maximum Gasteiger partial charge on any atom is 0.0146 e. The van der Waals surface area contributed by atoms with Crippen LogP contribution < -0.4 is 5.32 Å². The van der Waals surface area contributed by atoms with Gasteiger partial charge in [0.15, 0.2) is 0 Å². The fourth-order valence-electron chi connectivity index (χ4n) is 1.69. The van der Waals surface area contributed by atoms with Gasteiger partial charge in [-0.2, -0.15) is 11.8 Å². The lowest BCUT2D eigenvalue weighted by molar-refractivity contribution is 0.776. The van der Waals surface area contributed by atoms with Crippen LogP contribution in [0.4, 0.5) is 0 Å². The van der Waals surface area contributed by atoms with Crippen LogP contribution in [-0.2, 0) is 0 Å². The second kappa shape index (κ2) is 5.04. The van der Waals surface area contributed by atoms with Crippen molar-refractivity contribution in [3.8, 4) is 0 Å². The zero-order valence-corrected chi connectivity index (χ0v) is 8.41. The van der Waals surface area contributed by atoms with Gasteiger partial charge in [-0.05, 0) is 19.9 Å². The van der Waals surface area contributed by atoms with E-state index >= 15 is 0 Å². The molecule has 0 bridgehead atoms. The van der Waals surface area contributed by atoms with Crippen molar-refractivity contribution in [3.63, 3.8) is 0 Å². The minimum absolute atomic E-state index is 0.795. The predicted molar refractivity (Wildman–Crippen MR) is 53.2 cm³/mol. The molecule has 1 N–H and O–H groups in total. The van der Waals surface area contributed by atoms with E-state index in [1.807, 2.05) is 7.05 Å². The highest BCUT2D eigenvalue weighted by Gasteiger charge is 2.17. The summed E-state index contributed by atoms with van der Waals surface area (Å²) in [5, 5.41) is 4.99. The summed E-state index contributed by atoms with van der Waals surface area (Å²) in [6.07, 6.45) is 5.84. The molecule has 0 amide bonds. The fraction of sp³-hybridized carbons (Fsp3) is 1.00. The van der Waals surface area contributed by atoms with Crippen molar-refractivity contribution in [2.75, 3.05) is 13.6 Å². The number of thioether (sulfide) groups is 1. The average Bonchev–Trinajstić information content (AvgIpc) is 2.40. The number of hydrogen-bond acceptors (Lipinski definition) is 2. The predicted octanol–water partition coefficient (Wildman–Crippen LogP) is 2.27. The first-order chi connectivity index (χ1) is 5.33. The third kappa shape index (κ3) is 3.48. The van der Waals surface area contributed by atoms with Crippen molar-refractivity contribution >= 4 is 11.8 Å². The van der Waals surface area contributed by atoms with E-state index in [4.69, 9.17) is 0 Å². The van der Waals surface area contributed by atoms with Gasteiger partial charge in [0.2, 0.25) is 0 Å². The molecule has 1 aliphatic carbocycles. The summed E-state index contributed by atoms with van der Waals surface area (Å²) in [5.74, 6) is 0. The monoisotopic (exact) mass is 173 g/mol. The van der Waals surface area contributed by atoms with Crippen LogP contribution in [0.5, 0.6) is 0 Å². The van der Waals surface area contributed by atoms with Crippen LogP contribution in [-0.4, -0.2) is 24.1 Å². The SMILES string of the molecule is CNCC(C)SC1CCCC1. The van der Waals surface area contributed by atoms with E-state index in [1.165, 1.54) is 25.7 Å². The van der Waals surface area contributed by atoms with Crippen molar-refractivity contribution < 1.29 is 0 Å². The molecule has 0 spiro atoms. The Hall–Kier alpha value is 0.310. The molecule has 1 unspecified atom stereocenters. The molecule has 0 aliphatic heterocycles. The molecule has 1 saturated carbocycles. The Morgan fingerprint density at radius 3 is 2.64 bits per heavy atom. The topological polar surface area (TPSA) is 12.0 Å². The van der Waals surface area contributed by atoms with Gasteiger partial charge >= 0.3 is 0 Å². The first-order valence-electron chi connectivity index (χ1n) is 4.63. The summed E-state index contributed by atoms with van der Waals surface area (Å²) in [7, 11) is 2.03. The maximum absolute atomic E-state index is 3.22. The van der Waals surface area contributed by atoms with Crippen LogP contribution in [0.25, 0.3) is 0 Å². The molecule has 0 aromatic rings. The summed E-state index contributed by atoms with van der Waals surface area (Å²) < 4.78 is 0. The Morgan fingerprint density at radius 2 is 2.09 bits per heavy atom. The molecular weight excluding hydrogens is 154 g/mol. The molecular formula is C9H19NS. The quantitative estimate of drug-likeness (QED) is 0.700. The molecule has 1 atom stereocenters. The summed E-state index contributed by atoms with van der Waals surface area (Å²) in [4.78, 5) is 0. The fourth-order valence-corrected chi connectivity index (χ4v) is 3.21. The molecule has 0 radical (unpaired) electrons. The minimum Gasteiger partial charge on any atom is -0.319 e. The molecule has 0 aromatic heterocycles. The van der Waals surface area contributed by atoms with E-state index in [0.29, 0.717) is 0 Å². The van der Waals surface area contributed by atoms with Crippen LogP contribution >= 0.6 is 11.8 Å². The molecule has 0 heterocycles. The Bertz CT molecular complexity index is 99.7. The zero-order chi connectivity index (χ0) is 8.10. The van der Waals surface area contributed by atoms with Crippen LogP contribution in [0, 0.1) is 0 Å². The highest BCUT2D eigenvalue weighted by atomic mass is 32.2. The lowest BCUT2D eigenvalue weighted by atomic mass is 10.4. The van der Waals surface area contributed by atoms with Gasteiger partial charge in [-0.15, -0.1) is 0 Å². The molecule has 0 saturated heterocycles. The van der Waals surface area contributed by atoms with Gasteiger partial charge in [-0.3, -0.25) is 0 Å². The largest absolute Gasteiger partial charge is 0.319 e. The minimum atomic E-state index is 0.795. The molecule has 2 heteroatoms. The summed E-state index contributed by atoms with van der Waals surface area (Å²) >= 11 is 2.17. The van der Waals surface area contributed by atoms with Crippen LogP contribution in [0.3, 0.4) is 0 Å². The van der Waals surface area contributed by atoms with Gasteiger partial charge < -0.3 is 5.32 Å². The lowest BCUT2D eigenvalue weighted by Gasteiger charge is -2.15. The van der Waals surface area contributed by atoms with Crippen molar-refractivity contribution in [1.29, 1.82) is 0 Å². The first-order valence-corrected chi connectivity index (χ1v) is 5.57. The van der Waals surface area contributed by atoms with Gasteiger partial charge in [0, 0.05) is 17.0 Å². The second-order valence-corrected chi connectivity index (χ2v) is 5.15. The van der Waals surface area contributed by atoms with Crippen molar-refractivity contribution in [1.82, 2.24) is 5.32 Å². The van der Waals surface area contributed by atoms with Gasteiger partial charge in [-0.25, -0.2) is 0 Å². The molecule has 66 valence electrons. The van der Waals surface area contributed by atoms with Gasteiger partial charge in [0.05, 0.1) is 0 Å². The summed E-state index contributed by atoms with van der Waals surface area (Å²) in [6.45, 7) is 3.47. The average molecular weight is 173 g/mol. The van der Waals surface area contributed by atoms with Crippen molar-refractivity contribution in [3.05, 3.63) is 0 Å². The van der Waals surface area contributed by atoms with Crippen LogP contribution in [0.2, 0.25) is 0 Å². The highest BCUT2D eigenvalue weighted by molar-refractivity contribution is 8.00. The second-order valence-electron chi connectivity index (χ2n) is 3.41. The van der Waals surface area contributed by atoms with Gasteiger partial charge in [-0.1, -0.05) is 19.8 Å². The molecule has 1 rings (SSSR count). The Kier molecular flexibility index (Phi) is 4.31. The highest BCUT2D eigenvalue weighted by Crippen LogP contribution is 2.31. The first kappa shape index (κ1) is 9.40. The lowest BCUT2D eigenvalue weighted by Crippen LogP contribution is -2.19. The van der Waals surface area contributed by atoms with E-state index in [1.54, 1.807) is 0 Å². The Morgan fingerprint density at radius 1 is 1.45 bits per heavy atom. The standard InChI is InChI=1S/C9H19NS/c1-8(7-10-2)11-9-5-3-4-6-9/h8-10H,3-7H2,1-2H3. The number of hydrogen-bond donors (Lipinski definition) is 1. The van der Waals surface area contributed by atoms with Crippen LogP contribution in [0.15, 0.2) is 0 Å². The normalized spacial score (nSPS) is 22.4. The van der Waals surface area contributed by atoms with E-state index in [2.05, 4.69) is 24.0 Å². The summed E-state index contributed by atoms with van der Waals surface area (Å²) in [6, 6.07) is 0. The van der Waals surface area contributed by atoms with E-state index in [-0.39, 0.29) is 0 Å². The smallest absolute Gasteiger partial charge is 0.0146 e. The molecule has 1 nitrogen and oxygen atoms in total. The zero-order valence-electron chi connectivity index (χ0n) is 7.60. The Labute approximate surface area is 74.3 Å². The summed E-state index contributed by atoms with van der Waals surface area (Å²) in [5.41, 5.74) is 0. The maximum atomic E-state index is 3.22. The van der Waals surface area contributed by atoms with E-state index in [0.717, 1.165) is 17.0 Å².